The number of aliphatic hydroxyl groups is 1. The quantitative estimate of drug-likeness (QED) is 0.718. The van der Waals surface area contributed by atoms with Gasteiger partial charge in [0.1, 0.15) is 5.41 Å². The molecule has 2 atom stereocenters. The molecule has 0 radical (unpaired) electrons. The van der Waals surface area contributed by atoms with Crippen molar-refractivity contribution in [3.63, 3.8) is 0 Å². The number of nitrogens with zero attached hydrogens (tertiary/aromatic N) is 1. The Morgan fingerprint density at radius 3 is 2.78 bits per heavy atom. The predicted octanol–water partition coefficient (Wildman–Crippen LogP) is 2.14. The van der Waals surface area contributed by atoms with Crippen molar-refractivity contribution in [2.75, 3.05) is 26.2 Å². The lowest BCUT2D eigenvalue weighted by Crippen LogP contribution is -2.56. The summed E-state index contributed by atoms with van der Waals surface area (Å²) < 4.78 is 5.69. The van der Waals surface area contributed by atoms with Crippen LogP contribution >= 0.6 is 0 Å². The summed E-state index contributed by atoms with van der Waals surface area (Å²) in [7, 11) is 0. The first-order valence-corrected chi connectivity index (χ1v) is 8.34. The van der Waals surface area contributed by atoms with Crippen molar-refractivity contribution >= 4 is 5.97 Å². The van der Waals surface area contributed by atoms with Crippen LogP contribution in [0.2, 0.25) is 0 Å². The Kier molecular flexibility index (Phi) is 6.57. The summed E-state index contributed by atoms with van der Waals surface area (Å²) in [6, 6.07) is 9.98. The van der Waals surface area contributed by atoms with Gasteiger partial charge in [-0.25, -0.2) is 0 Å². The van der Waals surface area contributed by atoms with Crippen LogP contribution in [0, 0.1) is 5.41 Å². The zero-order valence-electron chi connectivity index (χ0n) is 13.8. The van der Waals surface area contributed by atoms with Gasteiger partial charge in [-0.1, -0.05) is 43.7 Å². The minimum absolute atomic E-state index is 0.395. The Morgan fingerprint density at radius 1 is 1.39 bits per heavy atom. The highest BCUT2D eigenvalue weighted by Crippen LogP contribution is 2.35. The van der Waals surface area contributed by atoms with Crippen molar-refractivity contribution in [3.05, 3.63) is 35.9 Å². The van der Waals surface area contributed by atoms with Crippen LogP contribution in [-0.2, 0) is 16.1 Å². The van der Waals surface area contributed by atoms with Gasteiger partial charge in [0, 0.05) is 19.6 Å². The van der Waals surface area contributed by atoms with Crippen LogP contribution in [0.1, 0.15) is 31.7 Å². The lowest BCUT2D eigenvalue weighted by molar-refractivity contribution is -0.164. The van der Waals surface area contributed by atoms with Gasteiger partial charge in [-0.2, -0.15) is 0 Å². The summed E-state index contributed by atoms with van der Waals surface area (Å²) >= 11 is 0. The highest BCUT2D eigenvalue weighted by Gasteiger charge is 2.48. The predicted molar refractivity (Wildman–Crippen MR) is 88.1 cm³/mol. The number of piperidine rings is 1. The van der Waals surface area contributed by atoms with E-state index in [0.29, 0.717) is 45.7 Å². The Labute approximate surface area is 137 Å². The van der Waals surface area contributed by atoms with E-state index in [0.717, 1.165) is 12.0 Å². The van der Waals surface area contributed by atoms with E-state index in [4.69, 9.17) is 4.74 Å². The lowest BCUT2D eigenvalue weighted by Gasteiger charge is -2.43. The molecule has 1 aliphatic heterocycles. The molecule has 23 heavy (non-hydrogen) atoms. The first kappa shape index (κ1) is 17.9. The number of benzene rings is 1. The van der Waals surface area contributed by atoms with Crippen LogP contribution in [-0.4, -0.2) is 53.4 Å². The van der Waals surface area contributed by atoms with E-state index in [9.17, 15) is 15.0 Å². The SMILES string of the molecule is CCC[C@@]1(C(=O)O)CN(CCOCc2ccccc2)CC[C@@H]1O. The number of carbonyl (C=O) groups is 1. The largest absolute Gasteiger partial charge is 0.481 e. The van der Waals surface area contributed by atoms with Gasteiger partial charge in [0.05, 0.1) is 19.3 Å². The zero-order valence-corrected chi connectivity index (χ0v) is 13.8. The van der Waals surface area contributed by atoms with Gasteiger partial charge in [0.2, 0.25) is 0 Å². The monoisotopic (exact) mass is 321 g/mol. The maximum atomic E-state index is 11.7. The smallest absolute Gasteiger partial charge is 0.313 e. The third-order valence-corrected chi connectivity index (χ3v) is 4.65. The average molecular weight is 321 g/mol. The summed E-state index contributed by atoms with van der Waals surface area (Å²) in [5, 5.41) is 19.8. The average Bonchev–Trinajstić information content (AvgIpc) is 2.55. The highest BCUT2D eigenvalue weighted by molar-refractivity contribution is 5.76. The molecule has 1 heterocycles. The highest BCUT2D eigenvalue weighted by atomic mass is 16.5. The minimum atomic E-state index is -1.04. The first-order valence-electron chi connectivity index (χ1n) is 8.34. The molecular formula is C18H27NO4. The number of aliphatic hydroxyl groups excluding tert-OH is 1. The number of likely N-dealkylation sites (tertiary alicyclic amines) is 1. The number of carboxylic acids is 1. The summed E-state index contributed by atoms with van der Waals surface area (Å²) in [4.78, 5) is 13.8. The standard InChI is InChI=1S/C18H27NO4/c1-2-9-18(17(21)22)14-19(10-8-16(18)20)11-12-23-13-15-6-4-3-5-7-15/h3-7,16,20H,2,8-14H2,1H3,(H,21,22)/t16-,18+/m0/s1. The van der Waals surface area contributed by atoms with Gasteiger partial charge in [-0.05, 0) is 18.4 Å². The van der Waals surface area contributed by atoms with E-state index in [1.54, 1.807) is 0 Å². The molecule has 0 saturated carbocycles. The fourth-order valence-corrected chi connectivity index (χ4v) is 3.32. The van der Waals surface area contributed by atoms with Gasteiger partial charge >= 0.3 is 5.97 Å². The molecule has 0 aliphatic carbocycles. The molecule has 0 aromatic heterocycles. The molecule has 1 aromatic carbocycles. The van der Waals surface area contributed by atoms with E-state index in [2.05, 4.69) is 4.90 Å². The molecule has 2 rings (SSSR count). The van der Waals surface area contributed by atoms with Gasteiger partial charge in [0.25, 0.3) is 0 Å². The second-order valence-corrected chi connectivity index (χ2v) is 6.33. The van der Waals surface area contributed by atoms with Crippen molar-refractivity contribution in [2.45, 2.75) is 38.9 Å². The van der Waals surface area contributed by atoms with E-state index < -0.39 is 17.5 Å². The van der Waals surface area contributed by atoms with Gasteiger partial charge in [-0.15, -0.1) is 0 Å². The van der Waals surface area contributed by atoms with Crippen molar-refractivity contribution in [3.8, 4) is 0 Å². The van der Waals surface area contributed by atoms with Crippen molar-refractivity contribution < 1.29 is 19.7 Å². The number of carboxylic acid groups (broad SMARTS) is 1. The van der Waals surface area contributed by atoms with Crippen molar-refractivity contribution in [1.29, 1.82) is 0 Å². The Bertz CT molecular complexity index is 493. The fourth-order valence-electron chi connectivity index (χ4n) is 3.32. The second kappa shape index (κ2) is 8.43. The summed E-state index contributed by atoms with van der Waals surface area (Å²) in [6.45, 7) is 4.89. The van der Waals surface area contributed by atoms with E-state index in [1.807, 2.05) is 37.3 Å². The number of aliphatic carboxylic acids is 1. The van der Waals surface area contributed by atoms with Crippen LogP contribution in [0.3, 0.4) is 0 Å². The molecule has 5 nitrogen and oxygen atoms in total. The Morgan fingerprint density at radius 2 is 2.13 bits per heavy atom. The molecule has 1 aromatic rings. The molecule has 1 aliphatic rings. The van der Waals surface area contributed by atoms with Crippen LogP contribution < -0.4 is 0 Å². The number of ether oxygens (including phenoxy) is 1. The van der Waals surface area contributed by atoms with Crippen molar-refractivity contribution in [2.24, 2.45) is 5.41 Å². The summed E-state index contributed by atoms with van der Waals surface area (Å²) in [6.07, 6.45) is 0.999. The normalized spacial score (nSPS) is 25.4. The third-order valence-electron chi connectivity index (χ3n) is 4.65. The number of rotatable bonds is 8. The van der Waals surface area contributed by atoms with E-state index in [1.165, 1.54) is 0 Å². The molecule has 2 N–H and O–H groups in total. The molecule has 1 saturated heterocycles. The van der Waals surface area contributed by atoms with Crippen LogP contribution in [0.15, 0.2) is 30.3 Å². The van der Waals surface area contributed by atoms with Gasteiger partial charge < -0.3 is 14.9 Å². The molecule has 0 spiro atoms. The summed E-state index contributed by atoms with van der Waals surface area (Å²) in [5.74, 6) is -0.887. The topological polar surface area (TPSA) is 70.0 Å². The molecule has 0 amide bonds. The summed E-state index contributed by atoms with van der Waals surface area (Å²) in [5.41, 5.74) is 0.0966. The molecule has 0 bridgehead atoms. The lowest BCUT2D eigenvalue weighted by atomic mass is 9.74. The van der Waals surface area contributed by atoms with E-state index in [-0.39, 0.29) is 0 Å². The number of hydrogen-bond acceptors (Lipinski definition) is 4. The minimum Gasteiger partial charge on any atom is -0.481 e. The van der Waals surface area contributed by atoms with Crippen LogP contribution in [0.5, 0.6) is 0 Å². The zero-order chi connectivity index (χ0) is 16.7. The maximum Gasteiger partial charge on any atom is 0.313 e. The fraction of sp³-hybridized carbons (Fsp3) is 0.611. The van der Waals surface area contributed by atoms with E-state index >= 15 is 0 Å². The second-order valence-electron chi connectivity index (χ2n) is 6.33. The van der Waals surface area contributed by atoms with Crippen LogP contribution in [0.4, 0.5) is 0 Å². The molecule has 5 heteroatoms. The van der Waals surface area contributed by atoms with Gasteiger partial charge in [-0.3, -0.25) is 9.69 Å². The van der Waals surface area contributed by atoms with Crippen LogP contribution in [0.25, 0.3) is 0 Å². The number of hydrogen-bond donors (Lipinski definition) is 2. The molecule has 128 valence electrons. The molecule has 0 unspecified atom stereocenters. The molecule has 1 fully saturated rings. The van der Waals surface area contributed by atoms with Crippen molar-refractivity contribution in [1.82, 2.24) is 4.90 Å². The Balaban J connectivity index is 1.82. The third kappa shape index (κ3) is 4.53. The Hall–Kier alpha value is -1.43. The first-order chi connectivity index (χ1) is 11.1. The van der Waals surface area contributed by atoms with Gasteiger partial charge in [0.15, 0.2) is 0 Å². The molecular weight excluding hydrogens is 294 g/mol. The maximum absolute atomic E-state index is 11.7.